The average Bonchev–Trinajstić information content (AvgIpc) is 3.37. The fraction of sp³-hybridized carbons (Fsp3) is 0.125. The molecule has 0 spiro atoms. The zero-order valence-corrected chi connectivity index (χ0v) is 21.1. The lowest BCUT2D eigenvalue weighted by Crippen LogP contribution is -2.47. The third-order valence-electron chi connectivity index (χ3n) is 6.62. The molecule has 190 valence electrons. The summed E-state index contributed by atoms with van der Waals surface area (Å²) in [6.07, 6.45) is 2.23. The number of aromatic amines is 1. The number of methoxy groups -OCH3 is 1. The zero-order valence-electron chi connectivity index (χ0n) is 21.1. The Morgan fingerprint density at radius 2 is 1.37 bits per heavy atom. The molecule has 1 atom stereocenters. The lowest BCUT2D eigenvalue weighted by molar-refractivity contribution is -0.126. The Balaban J connectivity index is 1.45. The summed E-state index contributed by atoms with van der Waals surface area (Å²) in [5.74, 6) is -0.400. The van der Waals surface area contributed by atoms with Gasteiger partial charge in [-0.3, -0.25) is 9.59 Å². The molecule has 0 unspecified atom stereocenters. The van der Waals surface area contributed by atoms with Crippen LogP contribution in [0.25, 0.3) is 10.9 Å². The minimum absolute atomic E-state index is 0.239. The first-order valence-corrected chi connectivity index (χ1v) is 12.5. The van der Waals surface area contributed by atoms with Gasteiger partial charge in [0.1, 0.15) is 11.8 Å². The van der Waals surface area contributed by atoms with E-state index in [0.29, 0.717) is 17.9 Å². The maximum Gasteiger partial charge on any atom is 0.247 e. The Hall–Kier alpha value is -4.84. The number of carbonyl (C=O) groups is 2. The van der Waals surface area contributed by atoms with Gasteiger partial charge in [-0.05, 0) is 47.0 Å². The molecule has 6 heteroatoms. The first-order chi connectivity index (χ1) is 18.6. The van der Waals surface area contributed by atoms with Gasteiger partial charge in [0.2, 0.25) is 11.8 Å². The predicted molar refractivity (Wildman–Crippen MR) is 150 cm³/mol. The molecular weight excluding hydrogens is 474 g/mol. The molecule has 0 saturated carbocycles. The van der Waals surface area contributed by atoms with E-state index in [1.807, 2.05) is 91.1 Å². The summed E-state index contributed by atoms with van der Waals surface area (Å²) in [4.78, 5) is 30.7. The Labute approximate surface area is 221 Å². The van der Waals surface area contributed by atoms with Gasteiger partial charge in [-0.2, -0.15) is 0 Å². The molecule has 5 rings (SSSR count). The number of nitrogens with one attached hydrogen (secondary N) is 3. The van der Waals surface area contributed by atoms with E-state index in [0.717, 1.165) is 27.6 Å². The van der Waals surface area contributed by atoms with Crippen LogP contribution >= 0.6 is 0 Å². The van der Waals surface area contributed by atoms with Crippen molar-refractivity contribution in [2.45, 2.75) is 18.4 Å². The number of benzene rings is 4. The number of ether oxygens (including phenoxy) is 1. The monoisotopic (exact) mass is 503 g/mol. The first-order valence-electron chi connectivity index (χ1n) is 12.5. The van der Waals surface area contributed by atoms with E-state index in [9.17, 15) is 9.59 Å². The fourth-order valence-electron chi connectivity index (χ4n) is 4.67. The number of rotatable bonds is 9. The molecule has 0 bridgehead atoms. The number of H-pyrrole nitrogens is 1. The van der Waals surface area contributed by atoms with Gasteiger partial charge in [0.15, 0.2) is 0 Å². The third-order valence-corrected chi connectivity index (χ3v) is 6.62. The van der Waals surface area contributed by atoms with Crippen LogP contribution in [0.2, 0.25) is 0 Å². The molecule has 2 amide bonds. The van der Waals surface area contributed by atoms with Gasteiger partial charge in [-0.25, -0.2) is 0 Å². The highest BCUT2D eigenvalue weighted by atomic mass is 16.5. The summed E-state index contributed by atoms with van der Waals surface area (Å²) in [5, 5.41) is 7.05. The smallest absolute Gasteiger partial charge is 0.247 e. The standard InChI is InChI=1S/C32H29N3O3/c1-38-26-18-16-25(17-19-26)34-31(36)29(20-24-21-33-28-15-9-8-14-27(24)28)35-32(37)30(22-10-4-2-5-11-22)23-12-6-3-7-13-23/h2-19,21,29-30,33H,20H2,1H3,(H,34,36)(H,35,37)/t29-/m1/s1. The van der Waals surface area contributed by atoms with Crippen LogP contribution in [0, 0.1) is 0 Å². The van der Waals surface area contributed by atoms with Crippen LogP contribution in [-0.2, 0) is 16.0 Å². The van der Waals surface area contributed by atoms with Crippen molar-refractivity contribution in [3.63, 3.8) is 0 Å². The van der Waals surface area contributed by atoms with Crippen LogP contribution in [0.3, 0.4) is 0 Å². The molecule has 3 N–H and O–H groups in total. The van der Waals surface area contributed by atoms with Crippen molar-refractivity contribution >= 4 is 28.4 Å². The molecule has 5 aromatic rings. The van der Waals surface area contributed by atoms with E-state index in [1.54, 1.807) is 31.4 Å². The number of para-hydroxylation sites is 1. The second kappa shape index (κ2) is 11.5. The first kappa shape index (κ1) is 24.8. The molecule has 38 heavy (non-hydrogen) atoms. The quantitative estimate of drug-likeness (QED) is 0.242. The van der Waals surface area contributed by atoms with Crippen LogP contribution in [0.5, 0.6) is 5.75 Å². The summed E-state index contributed by atoms with van der Waals surface area (Å²) < 4.78 is 5.22. The molecule has 0 saturated heterocycles. The van der Waals surface area contributed by atoms with Gasteiger partial charge in [0.25, 0.3) is 0 Å². The summed E-state index contributed by atoms with van der Waals surface area (Å²) in [6.45, 7) is 0. The van der Waals surface area contributed by atoms with Crippen molar-refractivity contribution in [1.29, 1.82) is 0 Å². The lowest BCUT2D eigenvalue weighted by Gasteiger charge is -2.23. The third kappa shape index (κ3) is 5.60. The molecule has 1 aromatic heterocycles. The number of aromatic nitrogens is 1. The highest BCUT2D eigenvalue weighted by molar-refractivity contribution is 5.99. The van der Waals surface area contributed by atoms with Crippen molar-refractivity contribution < 1.29 is 14.3 Å². The topological polar surface area (TPSA) is 83.2 Å². The molecular formula is C32H29N3O3. The number of fused-ring (bicyclic) bond motifs is 1. The van der Waals surface area contributed by atoms with Gasteiger partial charge < -0.3 is 20.4 Å². The van der Waals surface area contributed by atoms with Crippen molar-refractivity contribution in [2.24, 2.45) is 0 Å². The van der Waals surface area contributed by atoms with Gasteiger partial charge >= 0.3 is 0 Å². The van der Waals surface area contributed by atoms with E-state index in [-0.39, 0.29) is 11.8 Å². The minimum atomic E-state index is -0.807. The summed E-state index contributed by atoms with van der Waals surface area (Å²) in [7, 11) is 1.59. The number of carbonyl (C=O) groups excluding carboxylic acids is 2. The Morgan fingerprint density at radius 1 is 0.763 bits per heavy atom. The number of hydrogen-bond donors (Lipinski definition) is 3. The molecule has 1 heterocycles. The highest BCUT2D eigenvalue weighted by Crippen LogP contribution is 2.26. The van der Waals surface area contributed by atoms with Gasteiger partial charge in [-0.15, -0.1) is 0 Å². The van der Waals surface area contributed by atoms with Crippen LogP contribution in [-0.4, -0.2) is 29.9 Å². The molecule has 0 fully saturated rings. The second-order valence-corrected chi connectivity index (χ2v) is 9.10. The normalized spacial score (nSPS) is 11.7. The molecule has 0 aliphatic carbocycles. The number of anilines is 1. The Bertz CT molecular complexity index is 1470. The Morgan fingerprint density at radius 3 is 2.00 bits per heavy atom. The van der Waals surface area contributed by atoms with E-state index in [1.165, 1.54) is 0 Å². The van der Waals surface area contributed by atoms with Crippen LogP contribution in [0.1, 0.15) is 22.6 Å². The van der Waals surface area contributed by atoms with Gasteiger partial charge in [0, 0.05) is 29.2 Å². The minimum Gasteiger partial charge on any atom is -0.497 e. The molecule has 0 aliphatic rings. The van der Waals surface area contributed by atoms with Crippen molar-refractivity contribution in [1.82, 2.24) is 10.3 Å². The van der Waals surface area contributed by atoms with Crippen molar-refractivity contribution in [3.05, 3.63) is 132 Å². The summed E-state index contributed by atoms with van der Waals surface area (Å²) in [6, 6.07) is 33.5. The van der Waals surface area contributed by atoms with E-state index < -0.39 is 12.0 Å². The molecule has 6 nitrogen and oxygen atoms in total. The second-order valence-electron chi connectivity index (χ2n) is 9.10. The maximum absolute atomic E-state index is 13.9. The van der Waals surface area contributed by atoms with Gasteiger partial charge in [-0.1, -0.05) is 78.9 Å². The van der Waals surface area contributed by atoms with E-state index in [4.69, 9.17) is 4.74 Å². The molecule has 4 aromatic carbocycles. The van der Waals surface area contributed by atoms with Gasteiger partial charge in [0.05, 0.1) is 13.0 Å². The predicted octanol–water partition coefficient (Wildman–Crippen LogP) is 5.67. The summed E-state index contributed by atoms with van der Waals surface area (Å²) >= 11 is 0. The summed E-state index contributed by atoms with van der Waals surface area (Å²) in [5.41, 5.74) is 4.27. The van der Waals surface area contributed by atoms with Crippen molar-refractivity contribution in [3.8, 4) is 5.75 Å². The maximum atomic E-state index is 13.9. The SMILES string of the molecule is COc1ccc(NC(=O)[C@@H](Cc2c[nH]c3ccccc23)NC(=O)C(c2ccccc2)c2ccccc2)cc1. The number of hydrogen-bond acceptors (Lipinski definition) is 3. The highest BCUT2D eigenvalue weighted by Gasteiger charge is 2.28. The number of amides is 2. The largest absolute Gasteiger partial charge is 0.497 e. The fourth-order valence-corrected chi connectivity index (χ4v) is 4.67. The van der Waals surface area contributed by atoms with Crippen molar-refractivity contribution in [2.75, 3.05) is 12.4 Å². The zero-order chi connectivity index (χ0) is 26.3. The van der Waals surface area contributed by atoms with E-state index in [2.05, 4.69) is 15.6 Å². The van der Waals surface area contributed by atoms with E-state index >= 15 is 0 Å². The molecule has 0 aliphatic heterocycles. The van der Waals surface area contributed by atoms with Crippen LogP contribution in [0.15, 0.2) is 115 Å². The average molecular weight is 504 g/mol. The molecule has 0 radical (unpaired) electrons. The van der Waals surface area contributed by atoms with Crippen LogP contribution < -0.4 is 15.4 Å². The lowest BCUT2D eigenvalue weighted by atomic mass is 9.90. The van der Waals surface area contributed by atoms with Crippen LogP contribution in [0.4, 0.5) is 5.69 Å². The Kier molecular flexibility index (Phi) is 7.50.